The molecule has 94 valence electrons. The Morgan fingerprint density at radius 2 is 2.12 bits per heavy atom. The number of benzene rings is 1. The zero-order valence-electron chi connectivity index (χ0n) is 9.93. The van der Waals surface area contributed by atoms with Crippen LogP contribution >= 0.6 is 0 Å². The number of ether oxygens (including phenoxy) is 1. The van der Waals surface area contributed by atoms with Crippen molar-refractivity contribution in [2.45, 2.75) is 12.8 Å². The molecule has 0 atom stereocenters. The van der Waals surface area contributed by atoms with Crippen molar-refractivity contribution in [3.63, 3.8) is 0 Å². The van der Waals surface area contributed by atoms with Gasteiger partial charge in [0.15, 0.2) is 0 Å². The van der Waals surface area contributed by atoms with Gasteiger partial charge >= 0.3 is 10.2 Å². The number of hydrogen-bond acceptors (Lipinski definition) is 3. The van der Waals surface area contributed by atoms with Crippen LogP contribution in [0.1, 0.15) is 12.0 Å². The second-order valence-corrected chi connectivity index (χ2v) is 6.05. The minimum absolute atomic E-state index is 0.572. The number of hydrogen-bond donors (Lipinski definition) is 1. The molecule has 0 aliphatic carbocycles. The summed E-state index contributed by atoms with van der Waals surface area (Å²) in [5, 5.41) is 0. The third-order valence-corrected chi connectivity index (χ3v) is 4.09. The summed E-state index contributed by atoms with van der Waals surface area (Å²) >= 11 is 0. The van der Waals surface area contributed by atoms with Crippen LogP contribution in [0.25, 0.3) is 0 Å². The van der Waals surface area contributed by atoms with E-state index >= 15 is 0 Å². The Kier molecular flexibility index (Phi) is 3.26. The minimum Gasteiger partial charge on any atom is -0.493 e. The standard InChI is InChI=1S/C11H16N2O3S/c1-13(2)17(14,15)12-10-5-6-11-9(8-10)4-3-7-16-11/h5-6,8,12H,3-4,7H2,1-2H3. The van der Waals surface area contributed by atoms with Crippen molar-refractivity contribution in [3.05, 3.63) is 23.8 Å². The molecular formula is C11H16N2O3S. The summed E-state index contributed by atoms with van der Waals surface area (Å²) in [6, 6.07) is 5.35. The highest BCUT2D eigenvalue weighted by Crippen LogP contribution is 2.27. The molecule has 0 saturated heterocycles. The first-order valence-electron chi connectivity index (χ1n) is 5.45. The summed E-state index contributed by atoms with van der Waals surface area (Å²) in [7, 11) is -0.455. The van der Waals surface area contributed by atoms with Gasteiger partial charge in [-0.1, -0.05) is 0 Å². The molecule has 0 saturated carbocycles. The van der Waals surface area contributed by atoms with Gasteiger partial charge in [-0.3, -0.25) is 4.72 Å². The van der Waals surface area contributed by atoms with Crippen LogP contribution < -0.4 is 9.46 Å². The van der Waals surface area contributed by atoms with E-state index in [9.17, 15) is 8.42 Å². The largest absolute Gasteiger partial charge is 0.493 e. The van der Waals surface area contributed by atoms with Crippen molar-refractivity contribution in [1.82, 2.24) is 4.31 Å². The molecule has 17 heavy (non-hydrogen) atoms. The first-order chi connectivity index (χ1) is 7.99. The molecule has 1 aromatic rings. The Morgan fingerprint density at radius 3 is 2.82 bits per heavy atom. The number of anilines is 1. The molecule has 0 amide bonds. The molecule has 6 heteroatoms. The van der Waals surface area contributed by atoms with Crippen LogP contribution in [0.5, 0.6) is 5.75 Å². The van der Waals surface area contributed by atoms with E-state index in [1.807, 2.05) is 12.1 Å². The molecule has 0 bridgehead atoms. The molecule has 1 aliphatic heterocycles. The van der Waals surface area contributed by atoms with Gasteiger partial charge in [0.05, 0.1) is 12.3 Å². The third kappa shape index (κ3) is 2.70. The van der Waals surface area contributed by atoms with Crippen molar-refractivity contribution in [3.8, 4) is 5.75 Å². The topological polar surface area (TPSA) is 58.6 Å². The van der Waals surface area contributed by atoms with Gasteiger partial charge in [0.2, 0.25) is 0 Å². The first-order valence-corrected chi connectivity index (χ1v) is 6.89. The molecular weight excluding hydrogens is 240 g/mol. The maximum absolute atomic E-state index is 11.7. The monoisotopic (exact) mass is 256 g/mol. The van der Waals surface area contributed by atoms with Crippen LogP contribution in [0.4, 0.5) is 5.69 Å². The van der Waals surface area contributed by atoms with E-state index in [0.29, 0.717) is 5.69 Å². The Morgan fingerprint density at radius 1 is 1.35 bits per heavy atom. The number of fused-ring (bicyclic) bond motifs is 1. The van der Waals surface area contributed by atoms with E-state index in [4.69, 9.17) is 4.74 Å². The second-order valence-electron chi connectivity index (χ2n) is 4.16. The lowest BCUT2D eigenvalue weighted by molar-refractivity contribution is 0.288. The van der Waals surface area contributed by atoms with Crippen molar-refractivity contribution < 1.29 is 13.2 Å². The summed E-state index contributed by atoms with van der Waals surface area (Å²) in [6.45, 7) is 0.732. The molecule has 2 rings (SSSR count). The number of aryl methyl sites for hydroxylation is 1. The lowest BCUT2D eigenvalue weighted by Crippen LogP contribution is -2.29. The molecule has 1 aromatic carbocycles. The zero-order valence-corrected chi connectivity index (χ0v) is 10.8. The SMILES string of the molecule is CN(C)S(=O)(=O)Nc1ccc2c(c1)CCCO2. The van der Waals surface area contributed by atoms with Gasteiger partial charge in [-0.05, 0) is 36.6 Å². The molecule has 1 aliphatic rings. The lowest BCUT2D eigenvalue weighted by Gasteiger charge is -2.19. The van der Waals surface area contributed by atoms with Crippen LogP contribution in [0.3, 0.4) is 0 Å². The highest BCUT2D eigenvalue weighted by Gasteiger charge is 2.15. The predicted molar refractivity (Wildman–Crippen MR) is 66.5 cm³/mol. The van der Waals surface area contributed by atoms with E-state index in [1.165, 1.54) is 14.1 Å². The van der Waals surface area contributed by atoms with Gasteiger partial charge in [-0.25, -0.2) is 0 Å². The average molecular weight is 256 g/mol. The van der Waals surface area contributed by atoms with E-state index < -0.39 is 10.2 Å². The second kappa shape index (κ2) is 4.54. The van der Waals surface area contributed by atoms with E-state index in [-0.39, 0.29) is 0 Å². The van der Waals surface area contributed by atoms with Crippen LogP contribution in [0.15, 0.2) is 18.2 Å². The molecule has 0 spiro atoms. The number of nitrogens with zero attached hydrogens (tertiary/aromatic N) is 1. The van der Waals surface area contributed by atoms with Crippen molar-refractivity contribution in [2.75, 3.05) is 25.4 Å². The normalized spacial score (nSPS) is 15.2. The smallest absolute Gasteiger partial charge is 0.301 e. The molecule has 0 radical (unpaired) electrons. The molecule has 1 heterocycles. The highest BCUT2D eigenvalue weighted by atomic mass is 32.2. The van der Waals surface area contributed by atoms with E-state index in [0.717, 1.165) is 35.1 Å². The molecule has 1 N–H and O–H groups in total. The van der Waals surface area contributed by atoms with Gasteiger partial charge < -0.3 is 4.74 Å². The summed E-state index contributed by atoms with van der Waals surface area (Å²) in [5.74, 6) is 0.851. The molecule has 0 unspecified atom stereocenters. The predicted octanol–water partition coefficient (Wildman–Crippen LogP) is 1.23. The first kappa shape index (κ1) is 12.2. The fourth-order valence-corrected chi connectivity index (χ4v) is 2.27. The van der Waals surface area contributed by atoms with Gasteiger partial charge in [0.1, 0.15) is 5.75 Å². The summed E-state index contributed by atoms with van der Waals surface area (Å²) < 4.78 is 32.4. The quantitative estimate of drug-likeness (QED) is 0.885. The van der Waals surface area contributed by atoms with Crippen molar-refractivity contribution in [1.29, 1.82) is 0 Å². The Hall–Kier alpha value is -1.27. The zero-order chi connectivity index (χ0) is 12.5. The average Bonchev–Trinajstić information content (AvgIpc) is 2.28. The maximum Gasteiger partial charge on any atom is 0.301 e. The Bertz CT molecular complexity index is 511. The van der Waals surface area contributed by atoms with Crippen LogP contribution in [0.2, 0.25) is 0 Å². The Labute approximate surface area is 102 Å². The number of nitrogens with one attached hydrogen (secondary N) is 1. The molecule has 0 aromatic heterocycles. The summed E-state index contributed by atoms with van der Waals surface area (Å²) in [5.41, 5.74) is 1.62. The highest BCUT2D eigenvalue weighted by molar-refractivity contribution is 7.90. The Balaban J connectivity index is 2.23. The van der Waals surface area contributed by atoms with Gasteiger partial charge in [-0.15, -0.1) is 0 Å². The van der Waals surface area contributed by atoms with Crippen molar-refractivity contribution >= 4 is 15.9 Å². The fraction of sp³-hybridized carbons (Fsp3) is 0.455. The van der Waals surface area contributed by atoms with Gasteiger partial charge in [-0.2, -0.15) is 12.7 Å². The molecule has 5 nitrogen and oxygen atoms in total. The van der Waals surface area contributed by atoms with Crippen LogP contribution in [-0.2, 0) is 16.6 Å². The summed E-state index contributed by atoms with van der Waals surface area (Å²) in [6.07, 6.45) is 1.89. The van der Waals surface area contributed by atoms with Crippen LogP contribution in [-0.4, -0.2) is 33.4 Å². The molecule has 0 fully saturated rings. The van der Waals surface area contributed by atoms with Crippen LogP contribution in [0, 0.1) is 0 Å². The van der Waals surface area contributed by atoms with E-state index in [1.54, 1.807) is 6.07 Å². The van der Waals surface area contributed by atoms with Gasteiger partial charge in [0, 0.05) is 14.1 Å². The lowest BCUT2D eigenvalue weighted by atomic mass is 10.1. The van der Waals surface area contributed by atoms with Gasteiger partial charge in [0.25, 0.3) is 0 Å². The minimum atomic E-state index is -3.44. The summed E-state index contributed by atoms with van der Waals surface area (Å²) in [4.78, 5) is 0. The maximum atomic E-state index is 11.7. The number of rotatable bonds is 3. The van der Waals surface area contributed by atoms with Crippen molar-refractivity contribution in [2.24, 2.45) is 0 Å². The van der Waals surface area contributed by atoms with E-state index in [2.05, 4.69) is 4.72 Å². The fourth-order valence-electron chi connectivity index (χ4n) is 1.66. The third-order valence-electron chi connectivity index (χ3n) is 2.64.